The van der Waals surface area contributed by atoms with Gasteiger partial charge in [-0.2, -0.15) is 5.10 Å². The lowest BCUT2D eigenvalue weighted by atomic mass is 9.86. The van der Waals surface area contributed by atoms with Gasteiger partial charge in [0.1, 0.15) is 5.69 Å². The van der Waals surface area contributed by atoms with E-state index < -0.39 is 0 Å². The highest BCUT2D eigenvalue weighted by molar-refractivity contribution is 5.80. The second-order valence-corrected chi connectivity index (χ2v) is 7.37. The highest BCUT2D eigenvalue weighted by Crippen LogP contribution is 2.46. The molecule has 5 rings (SSSR count). The van der Waals surface area contributed by atoms with Crippen molar-refractivity contribution in [3.8, 4) is 22.8 Å². The van der Waals surface area contributed by atoms with Crippen LogP contribution in [0.1, 0.15) is 57.1 Å². The predicted molar refractivity (Wildman–Crippen MR) is 104 cm³/mol. The van der Waals surface area contributed by atoms with Crippen molar-refractivity contribution in [2.45, 2.75) is 51.4 Å². The van der Waals surface area contributed by atoms with Crippen LogP contribution in [0.15, 0.2) is 18.2 Å². The van der Waals surface area contributed by atoms with Gasteiger partial charge in [0.05, 0.1) is 25.1 Å². The molecule has 2 aromatic rings. The number of hydrogen-bond donors (Lipinski definition) is 1. The molecule has 3 aliphatic rings. The van der Waals surface area contributed by atoms with E-state index in [1.165, 1.54) is 43.5 Å². The molecule has 1 saturated heterocycles. The minimum Gasteiger partial charge on any atom is -0.493 e. The molecule has 1 N–H and O–H groups in total. The van der Waals surface area contributed by atoms with E-state index >= 15 is 0 Å². The number of piperidine rings is 1. The molecular weight excluding hydrogens is 326 g/mol. The van der Waals surface area contributed by atoms with E-state index in [0.717, 1.165) is 48.9 Å². The van der Waals surface area contributed by atoms with Crippen molar-refractivity contribution in [2.24, 2.45) is 0 Å². The third kappa shape index (κ3) is 3.15. The molecule has 0 amide bonds. The van der Waals surface area contributed by atoms with Gasteiger partial charge in [0, 0.05) is 24.6 Å². The van der Waals surface area contributed by atoms with E-state index in [4.69, 9.17) is 9.47 Å². The first kappa shape index (κ1) is 17.3. The number of aromatic amines is 1. The summed E-state index contributed by atoms with van der Waals surface area (Å²) in [5.41, 5.74) is 4.73. The van der Waals surface area contributed by atoms with Crippen LogP contribution in [0.2, 0.25) is 0 Å². The zero-order valence-electron chi connectivity index (χ0n) is 15.9. The Kier molecular flexibility index (Phi) is 5.05. The first-order valence-corrected chi connectivity index (χ1v) is 9.96. The second-order valence-electron chi connectivity index (χ2n) is 7.37. The minimum atomic E-state index is 0.642. The Balaban J connectivity index is 1.54. The molecule has 1 fully saturated rings. The topological polar surface area (TPSA) is 50.4 Å². The molecular formula is C21H29N3O2. The minimum absolute atomic E-state index is 0.642. The summed E-state index contributed by atoms with van der Waals surface area (Å²) in [5.74, 6) is 2.24. The van der Waals surface area contributed by atoms with Crippen molar-refractivity contribution in [3.63, 3.8) is 0 Å². The molecule has 4 heterocycles. The molecule has 0 atom stereocenters. The van der Waals surface area contributed by atoms with Crippen molar-refractivity contribution in [2.75, 3.05) is 31.7 Å². The molecule has 0 aliphatic carbocycles. The Bertz CT molecular complexity index is 748. The summed E-state index contributed by atoms with van der Waals surface area (Å²) < 4.78 is 11.5. The molecule has 3 aliphatic heterocycles. The fourth-order valence-corrected chi connectivity index (χ4v) is 4.19. The lowest BCUT2D eigenvalue weighted by molar-refractivity contribution is 0.285. The largest absolute Gasteiger partial charge is 0.493 e. The van der Waals surface area contributed by atoms with Crippen LogP contribution in [-0.2, 0) is 0 Å². The summed E-state index contributed by atoms with van der Waals surface area (Å²) in [6, 6.07) is 6.18. The normalized spacial score (nSPS) is 16.0. The second kappa shape index (κ2) is 7.60. The predicted octanol–water partition coefficient (Wildman–Crippen LogP) is 4.74. The molecule has 0 spiro atoms. The number of anilines is 1. The van der Waals surface area contributed by atoms with Crippen molar-refractivity contribution in [1.29, 1.82) is 0 Å². The van der Waals surface area contributed by atoms with Crippen molar-refractivity contribution in [1.82, 2.24) is 10.2 Å². The van der Waals surface area contributed by atoms with Crippen LogP contribution < -0.4 is 14.4 Å². The molecule has 2 bridgehead atoms. The van der Waals surface area contributed by atoms with E-state index in [1.54, 1.807) is 7.11 Å². The van der Waals surface area contributed by atoms with Gasteiger partial charge in [0.25, 0.3) is 0 Å². The van der Waals surface area contributed by atoms with Crippen molar-refractivity contribution < 1.29 is 9.47 Å². The first-order chi connectivity index (χ1) is 12.8. The van der Waals surface area contributed by atoms with E-state index in [2.05, 4.69) is 34.2 Å². The van der Waals surface area contributed by atoms with Gasteiger partial charge in [-0.05, 0) is 37.5 Å². The number of hydrogen-bond acceptors (Lipinski definition) is 4. The van der Waals surface area contributed by atoms with E-state index in [-0.39, 0.29) is 0 Å². The van der Waals surface area contributed by atoms with Gasteiger partial charge in [0.15, 0.2) is 11.5 Å². The number of benzene rings is 1. The lowest BCUT2D eigenvalue weighted by Gasteiger charge is -2.40. The van der Waals surface area contributed by atoms with Crippen LogP contribution in [0.4, 0.5) is 5.69 Å². The Morgan fingerprint density at radius 3 is 2.77 bits per heavy atom. The summed E-state index contributed by atoms with van der Waals surface area (Å²) in [6.45, 7) is 5.24. The summed E-state index contributed by atoms with van der Waals surface area (Å²) in [7, 11) is 1.70. The third-order valence-electron chi connectivity index (χ3n) is 5.68. The third-order valence-corrected chi connectivity index (χ3v) is 5.68. The van der Waals surface area contributed by atoms with Crippen LogP contribution in [0.5, 0.6) is 11.5 Å². The van der Waals surface area contributed by atoms with Gasteiger partial charge < -0.3 is 14.4 Å². The van der Waals surface area contributed by atoms with Gasteiger partial charge >= 0.3 is 0 Å². The number of rotatable bonds is 8. The fraction of sp³-hybridized carbons (Fsp3) is 0.571. The van der Waals surface area contributed by atoms with Crippen LogP contribution in [-0.4, -0.2) is 37.0 Å². The van der Waals surface area contributed by atoms with E-state index in [1.807, 2.05) is 6.07 Å². The molecule has 0 unspecified atom stereocenters. The smallest absolute Gasteiger partial charge is 0.161 e. The van der Waals surface area contributed by atoms with Crippen LogP contribution in [0.25, 0.3) is 11.3 Å². The number of fused-ring (bicyclic) bond motifs is 2. The Hall–Kier alpha value is -2.17. The number of methoxy groups -OCH3 is 1. The van der Waals surface area contributed by atoms with E-state index in [9.17, 15) is 0 Å². The Morgan fingerprint density at radius 2 is 2.00 bits per heavy atom. The molecule has 26 heavy (non-hydrogen) atoms. The summed E-state index contributed by atoms with van der Waals surface area (Å²) >= 11 is 0. The number of unbranched alkanes of at least 4 members (excludes halogenated alkanes) is 3. The summed E-state index contributed by atoms with van der Waals surface area (Å²) in [6.07, 6.45) is 7.28. The summed E-state index contributed by atoms with van der Waals surface area (Å²) in [5, 5.41) is 7.95. The fourth-order valence-electron chi connectivity index (χ4n) is 4.19. The molecule has 140 valence electrons. The summed E-state index contributed by atoms with van der Waals surface area (Å²) in [4.78, 5) is 2.47. The Labute approximate surface area is 155 Å². The molecule has 5 heteroatoms. The maximum Gasteiger partial charge on any atom is 0.161 e. The molecule has 1 aromatic carbocycles. The molecule has 5 nitrogen and oxygen atoms in total. The molecule has 0 saturated carbocycles. The van der Waals surface area contributed by atoms with Crippen LogP contribution in [0, 0.1) is 0 Å². The monoisotopic (exact) mass is 355 g/mol. The maximum absolute atomic E-state index is 5.95. The standard InChI is InChI=1S/C21H29N3O2/c1-3-4-5-6-13-26-17-8-7-16(14-18(17)25-2)20-21-19(22-23-20)15-9-11-24(21)12-10-15/h7-8,14-15H,3-6,9-13H2,1-2H3,(H,22,23). The van der Waals surface area contributed by atoms with Gasteiger partial charge in [-0.25, -0.2) is 0 Å². The number of ether oxygens (including phenoxy) is 2. The quantitative estimate of drug-likeness (QED) is 0.695. The Morgan fingerprint density at radius 1 is 1.15 bits per heavy atom. The zero-order valence-corrected chi connectivity index (χ0v) is 15.9. The SMILES string of the molecule is CCCCCCOc1ccc(-c2n[nH]c3c2N2CCC3CC2)cc1OC. The van der Waals surface area contributed by atoms with Crippen LogP contribution >= 0.6 is 0 Å². The highest BCUT2D eigenvalue weighted by Gasteiger charge is 2.35. The van der Waals surface area contributed by atoms with Crippen molar-refractivity contribution in [3.05, 3.63) is 23.9 Å². The van der Waals surface area contributed by atoms with Gasteiger partial charge in [0.2, 0.25) is 0 Å². The van der Waals surface area contributed by atoms with E-state index in [0.29, 0.717) is 5.92 Å². The average molecular weight is 355 g/mol. The number of aromatic nitrogens is 2. The highest BCUT2D eigenvalue weighted by atomic mass is 16.5. The lowest BCUT2D eigenvalue weighted by Crippen LogP contribution is -2.38. The first-order valence-electron chi connectivity index (χ1n) is 9.96. The van der Waals surface area contributed by atoms with Gasteiger partial charge in [-0.3, -0.25) is 5.10 Å². The number of H-pyrrole nitrogens is 1. The van der Waals surface area contributed by atoms with Crippen molar-refractivity contribution >= 4 is 5.69 Å². The molecule has 1 aromatic heterocycles. The number of nitrogens with zero attached hydrogens (tertiary/aromatic N) is 2. The maximum atomic E-state index is 5.95. The van der Waals surface area contributed by atoms with Crippen LogP contribution in [0.3, 0.4) is 0 Å². The number of nitrogens with one attached hydrogen (secondary N) is 1. The van der Waals surface area contributed by atoms with Gasteiger partial charge in [-0.15, -0.1) is 0 Å². The molecule has 0 radical (unpaired) electrons. The average Bonchev–Trinajstić information content (AvgIpc) is 3.16. The van der Waals surface area contributed by atoms with Gasteiger partial charge in [-0.1, -0.05) is 26.2 Å². The zero-order chi connectivity index (χ0) is 17.9.